The number of anilines is 1. The normalized spacial score (nSPS) is 11.9. The Morgan fingerprint density at radius 3 is 2.55 bits per heavy atom. The summed E-state index contributed by atoms with van der Waals surface area (Å²) in [5.41, 5.74) is 5.31. The van der Waals surface area contributed by atoms with Crippen molar-refractivity contribution in [2.45, 2.75) is 6.18 Å². The number of hydrogen-bond donors (Lipinski definition) is 1. The molecule has 1 heterocycles. The van der Waals surface area contributed by atoms with Crippen LogP contribution < -0.4 is 5.73 Å². The Hall–Kier alpha value is -2.50. The molecule has 0 atom stereocenters. The summed E-state index contributed by atoms with van der Waals surface area (Å²) in [6.45, 7) is 0. The Kier molecular flexibility index (Phi) is 2.67. The lowest BCUT2D eigenvalue weighted by Crippen LogP contribution is -2.10. The van der Waals surface area contributed by atoms with Gasteiger partial charge in [0.2, 0.25) is 0 Å². The Morgan fingerprint density at radius 1 is 1.05 bits per heavy atom. The van der Waals surface area contributed by atoms with E-state index < -0.39 is 11.7 Å². The molecule has 1 aromatic heterocycles. The van der Waals surface area contributed by atoms with E-state index >= 15 is 0 Å². The van der Waals surface area contributed by atoms with E-state index in [1.165, 1.54) is 16.8 Å². The third-order valence-corrected chi connectivity index (χ3v) is 3.06. The lowest BCUT2D eigenvalue weighted by Gasteiger charge is -2.12. The fourth-order valence-electron chi connectivity index (χ4n) is 2.10. The summed E-state index contributed by atoms with van der Waals surface area (Å²) in [6.07, 6.45) is -2.87. The van der Waals surface area contributed by atoms with Gasteiger partial charge in [-0.3, -0.25) is 0 Å². The molecule has 6 heteroatoms. The topological polar surface area (TPSA) is 43.8 Å². The standard InChI is InChI=1S/C14H10F3N3/c15-14(16,17)11-7-10(5-6-12(11)18)20-13-4-2-1-3-9(13)8-19-20/h1-8H,18H2. The lowest BCUT2D eigenvalue weighted by atomic mass is 10.1. The van der Waals surface area contributed by atoms with Gasteiger partial charge in [-0.15, -0.1) is 0 Å². The SMILES string of the molecule is Nc1ccc(-n2ncc3ccccc32)cc1C(F)(F)F. The summed E-state index contributed by atoms with van der Waals surface area (Å²) in [5.74, 6) is 0. The average molecular weight is 277 g/mol. The summed E-state index contributed by atoms with van der Waals surface area (Å²) in [7, 11) is 0. The summed E-state index contributed by atoms with van der Waals surface area (Å²) in [4.78, 5) is 0. The summed E-state index contributed by atoms with van der Waals surface area (Å²) < 4.78 is 40.1. The molecule has 0 aliphatic heterocycles. The maximum absolute atomic E-state index is 12.9. The highest BCUT2D eigenvalue weighted by Gasteiger charge is 2.33. The van der Waals surface area contributed by atoms with Crippen LogP contribution in [-0.2, 0) is 6.18 Å². The molecule has 3 rings (SSSR count). The van der Waals surface area contributed by atoms with Crippen LogP contribution in [0.25, 0.3) is 16.6 Å². The van der Waals surface area contributed by atoms with Gasteiger partial charge in [0, 0.05) is 11.1 Å². The molecule has 0 unspecified atom stereocenters. The summed E-state index contributed by atoms with van der Waals surface area (Å²) in [5, 5.41) is 4.99. The van der Waals surface area contributed by atoms with E-state index in [1.807, 2.05) is 18.2 Å². The molecule has 0 aliphatic carbocycles. The smallest absolute Gasteiger partial charge is 0.398 e. The van der Waals surface area contributed by atoms with Crippen molar-refractivity contribution in [2.75, 3.05) is 5.73 Å². The lowest BCUT2D eigenvalue weighted by molar-refractivity contribution is -0.136. The fourth-order valence-corrected chi connectivity index (χ4v) is 2.10. The second kappa shape index (κ2) is 4.26. The Labute approximate surface area is 112 Å². The van der Waals surface area contributed by atoms with Gasteiger partial charge in [-0.1, -0.05) is 18.2 Å². The number of fused-ring (bicyclic) bond motifs is 1. The molecule has 102 valence electrons. The molecule has 0 saturated carbocycles. The molecule has 2 N–H and O–H groups in total. The van der Waals surface area contributed by atoms with Crippen molar-refractivity contribution in [1.29, 1.82) is 0 Å². The van der Waals surface area contributed by atoms with Crippen LogP contribution in [0.15, 0.2) is 48.7 Å². The largest absolute Gasteiger partial charge is 0.418 e. The van der Waals surface area contributed by atoms with E-state index in [-0.39, 0.29) is 5.69 Å². The maximum atomic E-state index is 12.9. The van der Waals surface area contributed by atoms with Crippen molar-refractivity contribution in [3.63, 3.8) is 0 Å². The molecule has 0 amide bonds. The van der Waals surface area contributed by atoms with Crippen LogP contribution in [0.5, 0.6) is 0 Å². The number of rotatable bonds is 1. The minimum absolute atomic E-state index is 0.294. The second-order valence-electron chi connectivity index (χ2n) is 4.38. The molecule has 0 spiro atoms. The number of nitrogens with two attached hydrogens (primary N) is 1. The average Bonchev–Trinajstić information content (AvgIpc) is 2.82. The highest BCUT2D eigenvalue weighted by molar-refractivity contribution is 5.80. The Balaban J connectivity index is 2.20. The minimum atomic E-state index is -4.48. The van der Waals surface area contributed by atoms with Crippen LogP contribution in [0.3, 0.4) is 0 Å². The van der Waals surface area contributed by atoms with Gasteiger partial charge in [0.25, 0.3) is 0 Å². The third kappa shape index (κ3) is 1.99. The maximum Gasteiger partial charge on any atom is 0.418 e. The molecule has 0 saturated heterocycles. The molecule has 3 aromatic rings. The van der Waals surface area contributed by atoms with Crippen LogP contribution >= 0.6 is 0 Å². The molecule has 3 nitrogen and oxygen atoms in total. The van der Waals surface area contributed by atoms with Crippen LogP contribution in [0.4, 0.5) is 18.9 Å². The van der Waals surface area contributed by atoms with Crippen molar-refractivity contribution in [3.8, 4) is 5.69 Å². The number of hydrogen-bond acceptors (Lipinski definition) is 2. The van der Waals surface area contributed by atoms with Crippen LogP contribution in [-0.4, -0.2) is 9.78 Å². The second-order valence-corrected chi connectivity index (χ2v) is 4.38. The van der Waals surface area contributed by atoms with Crippen molar-refractivity contribution >= 4 is 16.6 Å². The molecule has 20 heavy (non-hydrogen) atoms. The van der Waals surface area contributed by atoms with Gasteiger partial charge in [0.15, 0.2) is 0 Å². The molecular formula is C14H10F3N3. The number of alkyl halides is 3. The molecule has 0 aliphatic rings. The summed E-state index contributed by atoms with van der Waals surface area (Å²) >= 11 is 0. The highest BCUT2D eigenvalue weighted by atomic mass is 19.4. The first-order valence-corrected chi connectivity index (χ1v) is 5.87. The monoisotopic (exact) mass is 277 g/mol. The van der Waals surface area contributed by atoms with Crippen molar-refractivity contribution in [1.82, 2.24) is 9.78 Å². The van der Waals surface area contributed by atoms with E-state index in [1.54, 1.807) is 12.3 Å². The first-order chi connectivity index (χ1) is 9.47. The van der Waals surface area contributed by atoms with Crippen LogP contribution in [0.1, 0.15) is 5.56 Å². The zero-order valence-corrected chi connectivity index (χ0v) is 10.2. The quantitative estimate of drug-likeness (QED) is 0.690. The zero-order valence-electron chi connectivity index (χ0n) is 10.2. The van der Waals surface area contributed by atoms with Crippen LogP contribution in [0.2, 0.25) is 0 Å². The Bertz CT molecular complexity index is 775. The van der Waals surface area contributed by atoms with E-state index in [0.717, 1.165) is 17.0 Å². The first-order valence-electron chi connectivity index (χ1n) is 5.87. The van der Waals surface area contributed by atoms with Crippen molar-refractivity contribution in [2.24, 2.45) is 0 Å². The molecule has 0 bridgehead atoms. The van der Waals surface area contributed by atoms with E-state index in [9.17, 15) is 13.2 Å². The minimum Gasteiger partial charge on any atom is -0.398 e. The predicted octanol–water partition coefficient (Wildman–Crippen LogP) is 3.63. The van der Waals surface area contributed by atoms with Crippen molar-refractivity contribution in [3.05, 3.63) is 54.2 Å². The van der Waals surface area contributed by atoms with E-state index in [2.05, 4.69) is 5.10 Å². The van der Waals surface area contributed by atoms with Gasteiger partial charge < -0.3 is 5.73 Å². The number of aromatic nitrogens is 2. The molecule has 0 radical (unpaired) electrons. The van der Waals surface area contributed by atoms with Gasteiger partial charge in [0.05, 0.1) is 23.0 Å². The first kappa shape index (κ1) is 12.5. The zero-order chi connectivity index (χ0) is 14.3. The number of halogens is 3. The molecule has 0 fully saturated rings. The Morgan fingerprint density at radius 2 is 1.80 bits per heavy atom. The fraction of sp³-hybridized carbons (Fsp3) is 0.0714. The van der Waals surface area contributed by atoms with Crippen LogP contribution in [0, 0.1) is 0 Å². The van der Waals surface area contributed by atoms with Crippen molar-refractivity contribution < 1.29 is 13.2 Å². The van der Waals surface area contributed by atoms with E-state index in [0.29, 0.717) is 5.69 Å². The van der Waals surface area contributed by atoms with E-state index in [4.69, 9.17) is 5.73 Å². The van der Waals surface area contributed by atoms with Gasteiger partial charge in [-0.05, 0) is 24.3 Å². The summed E-state index contributed by atoms with van der Waals surface area (Å²) in [6, 6.07) is 11.1. The highest BCUT2D eigenvalue weighted by Crippen LogP contribution is 2.35. The van der Waals surface area contributed by atoms with Gasteiger partial charge in [-0.2, -0.15) is 18.3 Å². The predicted molar refractivity (Wildman–Crippen MR) is 70.5 cm³/mol. The number of nitrogens with zero attached hydrogens (tertiary/aromatic N) is 2. The van der Waals surface area contributed by atoms with Gasteiger partial charge >= 0.3 is 6.18 Å². The molecule has 2 aromatic carbocycles. The number of nitrogen functional groups attached to an aromatic ring is 1. The number of benzene rings is 2. The molecular weight excluding hydrogens is 267 g/mol. The third-order valence-electron chi connectivity index (χ3n) is 3.06. The van der Waals surface area contributed by atoms with Gasteiger partial charge in [0.1, 0.15) is 0 Å². The number of para-hydroxylation sites is 1. The van der Waals surface area contributed by atoms with Gasteiger partial charge in [-0.25, -0.2) is 4.68 Å².